The van der Waals surface area contributed by atoms with Crippen molar-refractivity contribution in [1.82, 2.24) is 0 Å². The van der Waals surface area contributed by atoms with E-state index in [0.29, 0.717) is 6.61 Å². The van der Waals surface area contributed by atoms with Gasteiger partial charge in [-0.25, -0.2) is 13.4 Å². The lowest BCUT2D eigenvalue weighted by atomic mass is 10.6. The lowest BCUT2D eigenvalue weighted by Gasteiger charge is -2.01. The largest absolute Gasteiger partial charge is 0.376 e. The van der Waals surface area contributed by atoms with Crippen molar-refractivity contribution in [3.63, 3.8) is 0 Å². The SMILES string of the molecule is CCOCC1=CN=C(N)S1(=O)=O. The van der Waals surface area contributed by atoms with Crippen LogP contribution in [0, 0.1) is 0 Å². The average Bonchev–Trinajstić information content (AvgIpc) is 2.25. The first-order valence-corrected chi connectivity index (χ1v) is 4.92. The molecular weight excluding hydrogens is 180 g/mol. The summed E-state index contributed by atoms with van der Waals surface area (Å²) in [7, 11) is -3.47. The summed E-state index contributed by atoms with van der Waals surface area (Å²) < 4.78 is 27.3. The van der Waals surface area contributed by atoms with Crippen LogP contribution in [0.1, 0.15) is 6.92 Å². The van der Waals surface area contributed by atoms with E-state index in [9.17, 15) is 8.42 Å². The van der Waals surface area contributed by atoms with Crippen molar-refractivity contribution in [1.29, 1.82) is 0 Å². The molecule has 0 amide bonds. The summed E-state index contributed by atoms with van der Waals surface area (Å²) >= 11 is 0. The van der Waals surface area contributed by atoms with E-state index >= 15 is 0 Å². The number of amidine groups is 1. The molecule has 1 rings (SSSR count). The Bertz CT molecular complexity index is 329. The van der Waals surface area contributed by atoms with Gasteiger partial charge in [-0.2, -0.15) is 0 Å². The molecule has 0 fully saturated rings. The molecule has 0 bridgehead atoms. The van der Waals surface area contributed by atoms with Gasteiger partial charge in [-0.05, 0) is 6.92 Å². The zero-order valence-electron chi connectivity index (χ0n) is 6.65. The zero-order chi connectivity index (χ0) is 9.19. The molecule has 1 aliphatic heterocycles. The van der Waals surface area contributed by atoms with Gasteiger partial charge in [0.2, 0.25) is 15.0 Å². The summed E-state index contributed by atoms with van der Waals surface area (Å²) in [5.74, 6) is 0. The molecule has 0 radical (unpaired) electrons. The second kappa shape index (κ2) is 3.24. The van der Waals surface area contributed by atoms with Crippen LogP contribution in [0.25, 0.3) is 0 Å². The molecule has 0 aromatic rings. The van der Waals surface area contributed by atoms with Crippen LogP contribution in [-0.2, 0) is 14.6 Å². The monoisotopic (exact) mass is 190 g/mol. The predicted molar refractivity (Wildman–Crippen MR) is 45.1 cm³/mol. The quantitative estimate of drug-likeness (QED) is 0.657. The minimum Gasteiger partial charge on any atom is -0.376 e. The number of hydrogen-bond donors (Lipinski definition) is 1. The van der Waals surface area contributed by atoms with Crippen LogP contribution in [0.15, 0.2) is 16.1 Å². The number of aliphatic imine (C=N–C) groups is 1. The number of sulfone groups is 1. The fourth-order valence-electron chi connectivity index (χ4n) is 0.726. The predicted octanol–water partition coefficient (Wildman–Crippen LogP) is -0.393. The molecule has 2 N–H and O–H groups in total. The molecule has 0 unspecified atom stereocenters. The number of nitrogens with zero attached hydrogens (tertiary/aromatic N) is 1. The Balaban J connectivity index is 2.74. The number of rotatable bonds is 3. The molecular formula is C6H10N2O3S. The Morgan fingerprint density at radius 3 is 2.75 bits per heavy atom. The fraction of sp³-hybridized carbons (Fsp3) is 0.500. The third-order valence-electron chi connectivity index (χ3n) is 1.40. The fourth-order valence-corrected chi connectivity index (χ4v) is 1.62. The van der Waals surface area contributed by atoms with Gasteiger partial charge in [-0.3, -0.25) is 0 Å². The Labute approximate surface area is 70.8 Å². The van der Waals surface area contributed by atoms with Crippen LogP contribution < -0.4 is 5.73 Å². The molecule has 0 saturated heterocycles. The Kier molecular flexibility index (Phi) is 2.49. The second-order valence-corrected chi connectivity index (χ2v) is 4.15. The van der Waals surface area contributed by atoms with Crippen LogP contribution in [0.5, 0.6) is 0 Å². The van der Waals surface area contributed by atoms with E-state index in [0.717, 1.165) is 0 Å². The highest BCUT2D eigenvalue weighted by atomic mass is 32.2. The highest BCUT2D eigenvalue weighted by Gasteiger charge is 2.26. The van der Waals surface area contributed by atoms with E-state index in [1.807, 2.05) is 0 Å². The number of nitrogens with two attached hydrogens (primary N) is 1. The molecule has 0 aromatic carbocycles. The maximum absolute atomic E-state index is 11.2. The van der Waals surface area contributed by atoms with Gasteiger partial charge in [-0.15, -0.1) is 0 Å². The van der Waals surface area contributed by atoms with Crippen LogP contribution in [0.2, 0.25) is 0 Å². The molecule has 1 heterocycles. The van der Waals surface area contributed by atoms with Crippen LogP contribution in [-0.4, -0.2) is 26.8 Å². The van der Waals surface area contributed by atoms with E-state index in [1.54, 1.807) is 6.92 Å². The molecule has 5 nitrogen and oxygen atoms in total. The van der Waals surface area contributed by atoms with Crippen LogP contribution >= 0.6 is 0 Å². The minimum atomic E-state index is -3.47. The van der Waals surface area contributed by atoms with Crippen molar-refractivity contribution in [2.75, 3.05) is 13.2 Å². The summed E-state index contributed by atoms with van der Waals surface area (Å²) in [5, 5.41) is -0.350. The van der Waals surface area contributed by atoms with E-state index in [-0.39, 0.29) is 16.7 Å². The molecule has 0 aliphatic carbocycles. The Morgan fingerprint density at radius 2 is 2.33 bits per heavy atom. The number of ether oxygens (including phenoxy) is 1. The topological polar surface area (TPSA) is 81.8 Å². The lowest BCUT2D eigenvalue weighted by molar-refractivity contribution is 0.175. The molecule has 0 spiro atoms. The maximum Gasteiger partial charge on any atom is 0.239 e. The normalized spacial score (nSPS) is 20.4. The summed E-state index contributed by atoms with van der Waals surface area (Å²) in [6, 6.07) is 0. The Morgan fingerprint density at radius 1 is 1.67 bits per heavy atom. The van der Waals surface area contributed by atoms with Gasteiger partial charge in [0.05, 0.1) is 11.5 Å². The second-order valence-electron chi connectivity index (χ2n) is 2.20. The van der Waals surface area contributed by atoms with Crippen molar-refractivity contribution in [3.05, 3.63) is 11.1 Å². The molecule has 6 heteroatoms. The summed E-state index contributed by atoms with van der Waals surface area (Å²) in [4.78, 5) is 3.61. The number of hydrogen-bond acceptors (Lipinski definition) is 5. The smallest absolute Gasteiger partial charge is 0.239 e. The van der Waals surface area contributed by atoms with E-state index in [2.05, 4.69) is 4.99 Å². The van der Waals surface area contributed by atoms with Crippen LogP contribution in [0.4, 0.5) is 0 Å². The average molecular weight is 190 g/mol. The zero-order valence-corrected chi connectivity index (χ0v) is 7.47. The van der Waals surface area contributed by atoms with Gasteiger partial charge < -0.3 is 10.5 Å². The van der Waals surface area contributed by atoms with Crippen molar-refractivity contribution >= 4 is 15.0 Å². The van der Waals surface area contributed by atoms with Gasteiger partial charge >= 0.3 is 0 Å². The molecule has 68 valence electrons. The van der Waals surface area contributed by atoms with Crippen LogP contribution in [0.3, 0.4) is 0 Å². The van der Waals surface area contributed by atoms with Gasteiger partial charge in [0.25, 0.3) is 0 Å². The summed E-state index contributed by atoms with van der Waals surface area (Å²) in [6.07, 6.45) is 1.22. The minimum absolute atomic E-state index is 0.0447. The van der Waals surface area contributed by atoms with Crippen molar-refractivity contribution in [2.45, 2.75) is 6.92 Å². The molecule has 0 aromatic heterocycles. The van der Waals surface area contributed by atoms with Crippen molar-refractivity contribution < 1.29 is 13.2 Å². The molecule has 0 atom stereocenters. The molecule has 1 aliphatic rings. The lowest BCUT2D eigenvalue weighted by Crippen LogP contribution is -2.23. The first-order valence-electron chi connectivity index (χ1n) is 3.44. The summed E-state index contributed by atoms with van der Waals surface area (Å²) in [6.45, 7) is 2.29. The van der Waals surface area contributed by atoms with Gasteiger partial charge in [0, 0.05) is 12.8 Å². The van der Waals surface area contributed by atoms with Crippen molar-refractivity contribution in [3.8, 4) is 0 Å². The third kappa shape index (κ3) is 1.49. The Hall–Kier alpha value is -0.880. The highest BCUT2D eigenvalue weighted by Crippen LogP contribution is 2.14. The standard InChI is InChI=1S/C6H10N2O3S/c1-2-11-4-5-3-8-6(7)12(5,9)10/h3H,2,4H2,1H3,(H2,7,8). The van der Waals surface area contributed by atoms with E-state index in [1.165, 1.54) is 6.20 Å². The summed E-state index contributed by atoms with van der Waals surface area (Å²) in [5.41, 5.74) is 5.13. The molecule has 12 heavy (non-hydrogen) atoms. The first kappa shape index (κ1) is 9.21. The molecule has 0 saturated carbocycles. The van der Waals surface area contributed by atoms with E-state index < -0.39 is 9.84 Å². The third-order valence-corrected chi connectivity index (χ3v) is 2.97. The van der Waals surface area contributed by atoms with Crippen molar-refractivity contribution in [2.24, 2.45) is 10.7 Å². The van der Waals surface area contributed by atoms with E-state index in [4.69, 9.17) is 10.5 Å². The van der Waals surface area contributed by atoms with Gasteiger partial charge in [-0.1, -0.05) is 0 Å². The highest BCUT2D eigenvalue weighted by molar-refractivity contribution is 8.09. The maximum atomic E-state index is 11.2. The van der Waals surface area contributed by atoms with Gasteiger partial charge in [0.1, 0.15) is 0 Å². The van der Waals surface area contributed by atoms with Gasteiger partial charge in [0.15, 0.2) is 0 Å². The first-order chi connectivity index (χ1) is 5.59.